The van der Waals surface area contributed by atoms with Gasteiger partial charge in [-0.15, -0.1) is 0 Å². The van der Waals surface area contributed by atoms with Gasteiger partial charge in [0.1, 0.15) is 11.3 Å². The van der Waals surface area contributed by atoms with Crippen LogP contribution in [0, 0.1) is 0 Å². The van der Waals surface area contributed by atoms with Crippen LogP contribution in [0.4, 0.5) is 0 Å². The van der Waals surface area contributed by atoms with E-state index in [4.69, 9.17) is 19.7 Å². The molecule has 1 fully saturated rings. The normalized spacial score (nSPS) is 22.1. The fourth-order valence-electron chi connectivity index (χ4n) is 2.24. The molecule has 1 atom stereocenters. The van der Waals surface area contributed by atoms with E-state index in [2.05, 4.69) is 10.1 Å². The average Bonchev–Trinajstić information content (AvgIpc) is 3.09. The van der Waals surface area contributed by atoms with E-state index in [1.807, 2.05) is 24.3 Å². The summed E-state index contributed by atoms with van der Waals surface area (Å²) < 4.78 is 15.8. The topological polar surface area (TPSA) is 83.4 Å². The van der Waals surface area contributed by atoms with Crippen LogP contribution in [0.3, 0.4) is 0 Å². The molecule has 1 saturated heterocycles. The van der Waals surface area contributed by atoms with E-state index in [1.165, 1.54) is 0 Å². The highest BCUT2D eigenvalue weighted by atomic mass is 16.5. The van der Waals surface area contributed by atoms with Crippen molar-refractivity contribution in [2.75, 3.05) is 20.3 Å². The first kappa shape index (κ1) is 13.1. The Kier molecular flexibility index (Phi) is 3.42. The monoisotopic (exact) mass is 275 g/mol. The van der Waals surface area contributed by atoms with Gasteiger partial charge in [0.25, 0.3) is 0 Å². The highest BCUT2D eigenvalue weighted by Gasteiger charge is 2.38. The number of hydrogen-bond acceptors (Lipinski definition) is 6. The number of ether oxygens (including phenoxy) is 2. The molecule has 1 aromatic heterocycles. The van der Waals surface area contributed by atoms with Crippen molar-refractivity contribution in [3.8, 4) is 5.75 Å². The van der Waals surface area contributed by atoms with Gasteiger partial charge in [-0.1, -0.05) is 17.3 Å². The molecule has 2 aromatic rings. The number of methoxy groups -OCH3 is 1. The largest absolute Gasteiger partial charge is 0.497 e. The predicted molar refractivity (Wildman–Crippen MR) is 71.4 cm³/mol. The Balaban J connectivity index is 1.76. The van der Waals surface area contributed by atoms with Crippen LogP contribution >= 0.6 is 0 Å². The van der Waals surface area contributed by atoms with E-state index in [0.29, 0.717) is 37.8 Å². The van der Waals surface area contributed by atoms with Crippen molar-refractivity contribution in [3.05, 3.63) is 41.5 Å². The van der Waals surface area contributed by atoms with E-state index in [0.717, 1.165) is 11.3 Å². The van der Waals surface area contributed by atoms with Crippen molar-refractivity contribution in [2.45, 2.75) is 18.4 Å². The van der Waals surface area contributed by atoms with Crippen molar-refractivity contribution in [3.63, 3.8) is 0 Å². The lowest BCUT2D eigenvalue weighted by Crippen LogP contribution is -2.37. The summed E-state index contributed by atoms with van der Waals surface area (Å²) in [7, 11) is 1.64. The van der Waals surface area contributed by atoms with Gasteiger partial charge < -0.3 is 19.7 Å². The molecular weight excluding hydrogens is 258 g/mol. The lowest BCUT2D eigenvalue weighted by Gasteiger charge is -2.15. The molecule has 0 amide bonds. The van der Waals surface area contributed by atoms with Gasteiger partial charge in [0.05, 0.1) is 13.7 Å². The Hall–Kier alpha value is -1.92. The van der Waals surface area contributed by atoms with E-state index < -0.39 is 5.54 Å². The van der Waals surface area contributed by atoms with Crippen LogP contribution < -0.4 is 10.5 Å². The zero-order valence-electron chi connectivity index (χ0n) is 11.3. The van der Waals surface area contributed by atoms with Gasteiger partial charge in [0, 0.05) is 13.0 Å². The molecule has 0 bridgehead atoms. The minimum Gasteiger partial charge on any atom is -0.497 e. The lowest BCUT2D eigenvalue weighted by atomic mass is 10.0. The molecule has 3 rings (SSSR count). The smallest absolute Gasteiger partial charge is 0.249 e. The van der Waals surface area contributed by atoms with Crippen molar-refractivity contribution in [1.29, 1.82) is 0 Å². The summed E-state index contributed by atoms with van der Waals surface area (Å²) in [6.07, 6.45) is 1.28. The highest BCUT2D eigenvalue weighted by molar-refractivity contribution is 5.30. The molecule has 2 heterocycles. The molecule has 0 spiro atoms. The molecule has 1 aliphatic rings. The Labute approximate surface area is 116 Å². The molecule has 1 aliphatic heterocycles. The Morgan fingerprint density at radius 1 is 1.45 bits per heavy atom. The molecule has 20 heavy (non-hydrogen) atoms. The number of nitrogens with zero attached hydrogens (tertiary/aromatic N) is 2. The number of hydrogen-bond donors (Lipinski definition) is 1. The fraction of sp³-hybridized carbons (Fsp3) is 0.429. The lowest BCUT2D eigenvalue weighted by molar-refractivity contribution is 0.166. The molecular formula is C14H17N3O3. The first-order valence-corrected chi connectivity index (χ1v) is 6.52. The third-order valence-electron chi connectivity index (χ3n) is 3.44. The minimum atomic E-state index is -0.639. The minimum absolute atomic E-state index is 0.424. The molecule has 0 aliphatic carbocycles. The standard InChI is InChI=1S/C14H17N3O3/c1-18-11-4-2-3-10(7-11)8-12-16-13(20-17-12)14(15)5-6-19-9-14/h2-4,7H,5-6,8-9,15H2,1H3. The van der Waals surface area contributed by atoms with Crippen LogP contribution in [-0.2, 0) is 16.7 Å². The van der Waals surface area contributed by atoms with E-state index >= 15 is 0 Å². The molecule has 2 N–H and O–H groups in total. The first-order chi connectivity index (χ1) is 9.69. The van der Waals surface area contributed by atoms with E-state index in [-0.39, 0.29) is 0 Å². The zero-order valence-corrected chi connectivity index (χ0v) is 11.3. The van der Waals surface area contributed by atoms with Gasteiger partial charge in [0.15, 0.2) is 5.82 Å². The van der Waals surface area contributed by atoms with Gasteiger partial charge in [-0.3, -0.25) is 0 Å². The van der Waals surface area contributed by atoms with Crippen molar-refractivity contribution >= 4 is 0 Å². The van der Waals surface area contributed by atoms with Crippen molar-refractivity contribution in [1.82, 2.24) is 10.1 Å². The maximum absolute atomic E-state index is 6.19. The fourth-order valence-corrected chi connectivity index (χ4v) is 2.24. The average molecular weight is 275 g/mol. The predicted octanol–water partition coefficient (Wildman–Crippen LogP) is 1.24. The summed E-state index contributed by atoms with van der Waals surface area (Å²) in [4.78, 5) is 4.39. The molecule has 6 nitrogen and oxygen atoms in total. The summed E-state index contributed by atoms with van der Waals surface area (Å²) in [6, 6.07) is 7.78. The second-order valence-electron chi connectivity index (χ2n) is 5.00. The summed E-state index contributed by atoms with van der Waals surface area (Å²) in [5, 5.41) is 3.99. The van der Waals surface area contributed by atoms with Gasteiger partial charge >= 0.3 is 0 Å². The van der Waals surface area contributed by atoms with Crippen LogP contribution in [0.5, 0.6) is 5.75 Å². The summed E-state index contributed by atoms with van der Waals surface area (Å²) in [5.41, 5.74) is 6.61. The second-order valence-corrected chi connectivity index (χ2v) is 5.00. The van der Waals surface area contributed by atoms with E-state index in [1.54, 1.807) is 7.11 Å². The maximum atomic E-state index is 6.19. The Bertz CT molecular complexity index is 591. The van der Waals surface area contributed by atoms with Crippen LogP contribution in [0.1, 0.15) is 23.7 Å². The quantitative estimate of drug-likeness (QED) is 0.904. The van der Waals surface area contributed by atoms with Crippen LogP contribution in [0.25, 0.3) is 0 Å². The summed E-state index contributed by atoms with van der Waals surface area (Å²) in [6.45, 7) is 1.05. The van der Waals surface area contributed by atoms with Gasteiger partial charge in [-0.25, -0.2) is 0 Å². The molecule has 1 aromatic carbocycles. The van der Waals surface area contributed by atoms with Crippen molar-refractivity contribution < 1.29 is 14.0 Å². The van der Waals surface area contributed by atoms with E-state index in [9.17, 15) is 0 Å². The SMILES string of the molecule is COc1cccc(Cc2noc(C3(N)CCOC3)n2)c1. The van der Waals surface area contributed by atoms with Gasteiger partial charge in [-0.2, -0.15) is 4.98 Å². The third kappa shape index (κ3) is 2.52. The number of rotatable bonds is 4. The third-order valence-corrected chi connectivity index (χ3v) is 3.44. The zero-order chi connectivity index (χ0) is 14.0. The van der Waals surface area contributed by atoms with Crippen LogP contribution in [0.2, 0.25) is 0 Å². The molecule has 1 unspecified atom stereocenters. The molecule has 6 heteroatoms. The summed E-state index contributed by atoms with van der Waals surface area (Å²) >= 11 is 0. The highest BCUT2D eigenvalue weighted by Crippen LogP contribution is 2.26. The van der Waals surface area contributed by atoms with Crippen LogP contribution in [0.15, 0.2) is 28.8 Å². The van der Waals surface area contributed by atoms with Crippen LogP contribution in [-0.4, -0.2) is 30.5 Å². The molecule has 0 radical (unpaired) electrons. The summed E-state index contributed by atoms with van der Waals surface area (Å²) in [5.74, 6) is 1.88. The Morgan fingerprint density at radius 2 is 2.35 bits per heavy atom. The number of nitrogens with two attached hydrogens (primary N) is 1. The molecule has 0 saturated carbocycles. The number of aromatic nitrogens is 2. The maximum Gasteiger partial charge on any atom is 0.249 e. The number of benzene rings is 1. The first-order valence-electron chi connectivity index (χ1n) is 6.52. The van der Waals surface area contributed by atoms with Gasteiger partial charge in [-0.05, 0) is 24.1 Å². The van der Waals surface area contributed by atoms with Crippen molar-refractivity contribution in [2.24, 2.45) is 5.73 Å². The Morgan fingerprint density at radius 3 is 3.10 bits per heavy atom. The molecule has 106 valence electrons. The second kappa shape index (κ2) is 5.22. The van der Waals surface area contributed by atoms with Gasteiger partial charge in [0.2, 0.25) is 5.89 Å².